The van der Waals surface area contributed by atoms with Gasteiger partial charge in [0, 0.05) is 18.0 Å². The highest BCUT2D eigenvalue weighted by Gasteiger charge is 2.40. The third kappa shape index (κ3) is 3.16. The molecule has 1 heterocycles. The molecule has 1 fully saturated rings. The maximum atomic E-state index is 6.46. The molecule has 0 aliphatic heterocycles. The van der Waals surface area contributed by atoms with Gasteiger partial charge in [0.1, 0.15) is 0 Å². The molecule has 0 radical (unpaired) electrons. The lowest BCUT2D eigenvalue weighted by atomic mass is 9.74. The molecule has 1 aromatic rings. The van der Waals surface area contributed by atoms with Gasteiger partial charge >= 0.3 is 0 Å². The summed E-state index contributed by atoms with van der Waals surface area (Å²) in [5.74, 6) is 0.722. The summed E-state index contributed by atoms with van der Waals surface area (Å²) in [5.41, 5.74) is 6.35. The molecule has 1 saturated carbocycles. The number of halogens is 1. The van der Waals surface area contributed by atoms with Crippen molar-refractivity contribution in [2.45, 2.75) is 50.7 Å². The Kier molecular flexibility index (Phi) is 4.86. The van der Waals surface area contributed by atoms with E-state index in [4.69, 9.17) is 10.5 Å². The molecular formula is C14H22BrNOS. The van der Waals surface area contributed by atoms with E-state index in [0.29, 0.717) is 0 Å². The fourth-order valence-corrected chi connectivity index (χ4v) is 4.62. The predicted molar refractivity (Wildman–Crippen MR) is 81.1 cm³/mol. The van der Waals surface area contributed by atoms with Gasteiger partial charge in [-0.05, 0) is 53.2 Å². The van der Waals surface area contributed by atoms with Crippen LogP contribution in [-0.2, 0) is 11.2 Å². The number of rotatable bonds is 4. The number of nitrogens with two attached hydrogens (primary N) is 1. The zero-order valence-corrected chi connectivity index (χ0v) is 13.5. The molecule has 0 spiro atoms. The largest absolute Gasteiger partial charge is 0.377 e. The van der Waals surface area contributed by atoms with Crippen LogP contribution >= 0.6 is 27.3 Å². The molecular weight excluding hydrogens is 310 g/mol. The number of thiophene rings is 1. The Labute approximate surface area is 122 Å². The van der Waals surface area contributed by atoms with E-state index in [1.54, 1.807) is 11.3 Å². The van der Waals surface area contributed by atoms with Crippen LogP contribution in [0, 0.1) is 5.92 Å². The Morgan fingerprint density at radius 3 is 2.94 bits per heavy atom. The van der Waals surface area contributed by atoms with Crippen LogP contribution in [0.5, 0.6) is 0 Å². The first-order valence-electron chi connectivity index (χ1n) is 6.61. The SMILES string of the molecule is COC1(C(N)Cc2ccc(Br)s2)CCCC(C)C1. The van der Waals surface area contributed by atoms with Crippen molar-refractivity contribution >= 4 is 27.3 Å². The highest BCUT2D eigenvalue weighted by molar-refractivity contribution is 9.11. The van der Waals surface area contributed by atoms with Crippen LogP contribution in [-0.4, -0.2) is 18.8 Å². The highest BCUT2D eigenvalue weighted by Crippen LogP contribution is 2.38. The van der Waals surface area contributed by atoms with Crippen molar-refractivity contribution < 1.29 is 4.74 Å². The summed E-state index contributed by atoms with van der Waals surface area (Å²) in [4.78, 5) is 1.34. The van der Waals surface area contributed by atoms with E-state index in [1.165, 1.54) is 21.5 Å². The van der Waals surface area contributed by atoms with Gasteiger partial charge in [0.25, 0.3) is 0 Å². The first-order chi connectivity index (χ1) is 8.55. The summed E-state index contributed by atoms with van der Waals surface area (Å²) in [6, 6.07) is 4.34. The van der Waals surface area contributed by atoms with Gasteiger partial charge in [-0.25, -0.2) is 0 Å². The van der Waals surface area contributed by atoms with E-state index >= 15 is 0 Å². The lowest BCUT2D eigenvalue weighted by molar-refractivity contribution is -0.0703. The average Bonchev–Trinajstić information content (AvgIpc) is 2.74. The number of ether oxygens (including phenoxy) is 1. The Balaban J connectivity index is 2.07. The summed E-state index contributed by atoms with van der Waals surface area (Å²) in [7, 11) is 1.82. The average molecular weight is 332 g/mol. The summed E-state index contributed by atoms with van der Waals surface area (Å²) < 4.78 is 7.03. The second-order valence-corrected chi connectivity index (χ2v) is 8.03. The Morgan fingerprint density at radius 2 is 2.39 bits per heavy atom. The second-order valence-electron chi connectivity index (χ2n) is 5.49. The molecule has 3 atom stereocenters. The van der Waals surface area contributed by atoms with Crippen molar-refractivity contribution in [3.63, 3.8) is 0 Å². The van der Waals surface area contributed by atoms with E-state index in [-0.39, 0.29) is 11.6 Å². The van der Waals surface area contributed by atoms with Crippen LogP contribution in [0.3, 0.4) is 0 Å². The molecule has 0 amide bonds. The molecule has 1 aliphatic carbocycles. The molecule has 0 aromatic carbocycles. The normalized spacial score (nSPS) is 30.3. The molecule has 4 heteroatoms. The lowest BCUT2D eigenvalue weighted by Crippen LogP contribution is -2.53. The molecule has 18 heavy (non-hydrogen) atoms. The van der Waals surface area contributed by atoms with E-state index in [9.17, 15) is 0 Å². The van der Waals surface area contributed by atoms with Gasteiger partial charge in [0.15, 0.2) is 0 Å². The molecule has 1 aromatic heterocycles. The Morgan fingerprint density at radius 1 is 1.61 bits per heavy atom. The van der Waals surface area contributed by atoms with Crippen LogP contribution in [0.1, 0.15) is 37.5 Å². The van der Waals surface area contributed by atoms with Crippen molar-refractivity contribution in [1.29, 1.82) is 0 Å². The fraction of sp³-hybridized carbons (Fsp3) is 0.714. The third-order valence-corrected chi connectivity index (χ3v) is 5.77. The standard InChI is InChI=1S/C14H22BrNOS/c1-10-4-3-7-14(9-10,17-2)12(16)8-11-5-6-13(15)18-11/h5-6,10,12H,3-4,7-9,16H2,1-2H3. The van der Waals surface area contributed by atoms with Crippen molar-refractivity contribution in [2.75, 3.05) is 7.11 Å². The Bertz CT molecular complexity index is 395. The fourth-order valence-electron chi connectivity index (χ4n) is 3.08. The molecule has 0 bridgehead atoms. The second kappa shape index (κ2) is 6.04. The summed E-state index contributed by atoms with van der Waals surface area (Å²) >= 11 is 5.28. The maximum absolute atomic E-state index is 6.46. The number of methoxy groups -OCH3 is 1. The van der Waals surface area contributed by atoms with Gasteiger partial charge < -0.3 is 10.5 Å². The lowest BCUT2D eigenvalue weighted by Gasteiger charge is -2.43. The minimum absolute atomic E-state index is 0.0933. The van der Waals surface area contributed by atoms with E-state index < -0.39 is 0 Å². The van der Waals surface area contributed by atoms with E-state index in [1.807, 2.05) is 7.11 Å². The molecule has 3 unspecified atom stereocenters. The smallest absolute Gasteiger partial charge is 0.0834 e. The van der Waals surface area contributed by atoms with Crippen molar-refractivity contribution in [3.8, 4) is 0 Å². The molecule has 2 N–H and O–H groups in total. The predicted octanol–water partition coefficient (Wildman–Crippen LogP) is 3.98. The number of hydrogen-bond acceptors (Lipinski definition) is 3. The molecule has 1 aliphatic rings. The zero-order chi connectivity index (χ0) is 13.2. The van der Waals surface area contributed by atoms with Crippen LogP contribution < -0.4 is 5.73 Å². The van der Waals surface area contributed by atoms with Crippen LogP contribution in [0.15, 0.2) is 15.9 Å². The van der Waals surface area contributed by atoms with Crippen LogP contribution in [0.4, 0.5) is 0 Å². The van der Waals surface area contributed by atoms with Crippen molar-refractivity contribution in [1.82, 2.24) is 0 Å². The van der Waals surface area contributed by atoms with Crippen LogP contribution in [0.25, 0.3) is 0 Å². The Hall–Kier alpha value is 0.1000. The van der Waals surface area contributed by atoms with Gasteiger partial charge in [0.05, 0.1) is 9.39 Å². The zero-order valence-electron chi connectivity index (χ0n) is 11.1. The topological polar surface area (TPSA) is 35.2 Å². The van der Waals surface area contributed by atoms with E-state index in [2.05, 4.69) is 35.0 Å². The third-order valence-electron chi connectivity index (χ3n) is 4.12. The first kappa shape index (κ1) is 14.5. The van der Waals surface area contributed by atoms with Gasteiger partial charge in [-0.1, -0.05) is 19.8 Å². The quantitative estimate of drug-likeness (QED) is 0.905. The van der Waals surface area contributed by atoms with E-state index in [0.717, 1.165) is 25.2 Å². The maximum Gasteiger partial charge on any atom is 0.0834 e. The molecule has 0 saturated heterocycles. The summed E-state index contributed by atoms with van der Waals surface area (Å²) in [5, 5.41) is 0. The molecule has 102 valence electrons. The van der Waals surface area contributed by atoms with Gasteiger partial charge in [0.2, 0.25) is 0 Å². The summed E-state index contributed by atoms with van der Waals surface area (Å²) in [6.07, 6.45) is 5.65. The number of hydrogen-bond donors (Lipinski definition) is 1. The minimum atomic E-state index is -0.117. The molecule has 2 rings (SSSR count). The highest BCUT2D eigenvalue weighted by atomic mass is 79.9. The van der Waals surface area contributed by atoms with Gasteiger partial charge in [-0.15, -0.1) is 11.3 Å². The minimum Gasteiger partial charge on any atom is -0.377 e. The summed E-state index contributed by atoms with van der Waals surface area (Å²) in [6.45, 7) is 2.31. The van der Waals surface area contributed by atoms with Crippen LogP contribution in [0.2, 0.25) is 0 Å². The van der Waals surface area contributed by atoms with Crippen molar-refractivity contribution in [2.24, 2.45) is 11.7 Å². The van der Waals surface area contributed by atoms with Gasteiger partial charge in [-0.3, -0.25) is 0 Å². The monoisotopic (exact) mass is 331 g/mol. The van der Waals surface area contributed by atoms with Gasteiger partial charge in [-0.2, -0.15) is 0 Å². The first-order valence-corrected chi connectivity index (χ1v) is 8.21. The van der Waals surface area contributed by atoms with Crippen molar-refractivity contribution in [3.05, 3.63) is 20.8 Å². The molecule has 2 nitrogen and oxygen atoms in total.